The molecule has 1 atom stereocenters. The molecule has 0 aliphatic carbocycles. The van der Waals surface area contributed by atoms with Crippen LogP contribution in [0.25, 0.3) is 11.1 Å². The predicted molar refractivity (Wildman–Crippen MR) is 106 cm³/mol. The first-order valence-electron chi connectivity index (χ1n) is 9.37. The van der Waals surface area contributed by atoms with Crippen LogP contribution in [0.4, 0.5) is 4.79 Å². The van der Waals surface area contributed by atoms with Gasteiger partial charge in [-0.15, -0.1) is 0 Å². The Morgan fingerprint density at radius 3 is 2.81 bits per heavy atom. The first-order valence-corrected chi connectivity index (χ1v) is 9.37. The standard InChI is InChI=1S/C22H28N2O3/c1-15-13-16(9-11-23-15)18-7-6-8-19-17(10-12-26-20(18)19)14-24(5)21(25)27-22(2,3)4/h6-9,11,13,17H,10,12,14H2,1-5H3/t17-/m0/s1. The van der Waals surface area contributed by atoms with Crippen LogP contribution in [-0.4, -0.2) is 41.8 Å². The van der Waals surface area contributed by atoms with Crippen molar-refractivity contribution in [3.63, 3.8) is 0 Å². The number of hydrogen-bond acceptors (Lipinski definition) is 4. The lowest BCUT2D eigenvalue weighted by Gasteiger charge is -2.31. The number of amides is 1. The smallest absolute Gasteiger partial charge is 0.410 e. The maximum atomic E-state index is 12.3. The Kier molecular flexibility index (Phi) is 5.40. The number of aromatic nitrogens is 1. The predicted octanol–water partition coefficient (Wildman–Crippen LogP) is 4.79. The number of aryl methyl sites for hydroxylation is 1. The van der Waals surface area contributed by atoms with Crippen LogP contribution >= 0.6 is 0 Å². The van der Waals surface area contributed by atoms with Gasteiger partial charge in [-0.05, 0) is 57.4 Å². The van der Waals surface area contributed by atoms with Crippen LogP contribution in [-0.2, 0) is 4.74 Å². The van der Waals surface area contributed by atoms with Crippen LogP contribution in [0, 0.1) is 6.92 Å². The molecule has 3 rings (SSSR count). The van der Waals surface area contributed by atoms with Gasteiger partial charge in [0.15, 0.2) is 0 Å². The number of pyridine rings is 1. The number of likely N-dealkylation sites (N-methyl/N-ethyl adjacent to an activating group) is 1. The van der Waals surface area contributed by atoms with E-state index in [0.717, 1.165) is 34.6 Å². The zero-order chi connectivity index (χ0) is 19.6. The van der Waals surface area contributed by atoms with Gasteiger partial charge in [0.2, 0.25) is 0 Å². The quantitative estimate of drug-likeness (QED) is 0.782. The number of carbonyl (C=O) groups excluding carboxylic acids is 1. The van der Waals surface area contributed by atoms with E-state index in [0.29, 0.717) is 13.2 Å². The van der Waals surface area contributed by atoms with Gasteiger partial charge < -0.3 is 14.4 Å². The van der Waals surface area contributed by atoms with E-state index in [1.807, 2.05) is 40.0 Å². The molecule has 1 aromatic carbocycles. The molecule has 1 aliphatic heterocycles. The van der Waals surface area contributed by atoms with E-state index in [1.54, 1.807) is 11.9 Å². The van der Waals surface area contributed by atoms with Crippen LogP contribution in [0.15, 0.2) is 36.5 Å². The van der Waals surface area contributed by atoms with Crippen LogP contribution in [0.1, 0.15) is 44.4 Å². The van der Waals surface area contributed by atoms with Crippen molar-refractivity contribution in [2.24, 2.45) is 0 Å². The number of ether oxygens (including phenoxy) is 2. The molecule has 0 spiro atoms. The second-order valence-electron chi connectivity index (χ2n) is 8.10. The highest BCUT2D eigenvalue weighted by molar-refractivity contribution is 5.73. The van der Waals surface area contributed by atoms with Gasteiger partial charge in [-0.2, -0.15) is 0 Å². The molecular formula is C22H28N2O3. The van der Waals surface area contributed by atoms with Crippen LogP contribution in [0.3, 0.4) is 0 Å². The highest BCUT2D eigenvalue weighted by Crippen LogP contribution is 2.41. The summed E-state index contributed by atoms with van der Waals surface area (Å²) in [5, 5.41) is 0. The van der Waals surface area contributed by atoms with Crippen molar-refractivity contribution in [1.29, 1.82) is 0 Å². The topological polar surface area (TPSA) is 51.7 Å². The third kappa shape index (κ3) is 4.59. The minimum atomic E-state index is -0.495. The molecular weight excluding hydrogens is 340 g/mol. The highest BCUT2D eigenvalue weighted by Gasteiger charge is 2.28. The van der Waals surface area contributed by atoms with Crippen molar-refractivity contribution < 1.29 is 14.3 Å². The van der Waals surface area contributed by atoms with Gasteiger partial charge >= 0.3 is 6.09 Å². The summed E-state index contributed by atoms with van der Waals surface area (Å²) in [5.74, 6) is 1.13. The van der Waals surface area contributed by atoms with Crippen LogP contribution in [0.5, 0.6) is 5.75 Å². The summed E-state index contributed by atoms with van der Waals surface area (Å²) < 4.78 is 11.5. The normalized spacial score (nSPS) is 16.3. The van der Waals surface area contributed by atoms with Gasteiger partial charge in [-0.25, -0.2) is 4.79 Å². The van der Waals surface area contributed by atoms with Gasteiger partial charge in [0.25, 0.3) is 0 Å². The zero-order valence-corrected chi connectivity index (χ0v) is 16.8. The number of fused-ring (bicyclic) bond motifs is 1. The minimum Gasteiger partial charge on any atom is -0.493 e. The largest absolute Gasteiger partial charge is 0.493 e. The third-order valence-corrected chi connectivity index (χ3v) is 4.61. The molecule has 0 saturated carbocycles. The molecule has 5 heteroatoms. The number of nitrogens with zero attached hydrogens (tertiary/aromatic N) is 2. The summed E-state index contributed by atoms with van der Waals surface area (Å²) in [6.45, 7) is 8.87. The lowest BCUT2D eigenvalue weighted by molar-refractivity contribution is 0.0281. The van der Waals surface area contributed by atoms with Gasteiger partial charge in [0, 0.05) is 37.0 Å². The molecule has 27 heavy (non-hydrogen) atoms. The fourth-order valence-electron chi connectivity index (χ4n) is 3.37. The highest BCUT2D eigenvalue weighted by atomic mass is 16.6. The summed E-state index contributed by atoms with van der Waals surface area (Å²) in [6, 6.07) is 10.3. The Morgan fingerprint density at radius 2 is 2.11 bits per heavy atom. The molecule has 2 aromatic rings. The third-order valence-electron chi connectivity index (χ3n) is 4.61. The Balaban J connectivity index is 1.85. The molecule has 1 aliphatic rings. The average Bonchev–Trinajstić information content (AvgIpc) is 2.60. The lowest BCUT2D eigenvalue weighted by atomic mass is 9.89. The van der Waals surface area contributed by atoms with E-state index in [2.05, 4.69) is 29.2 Å². The van der Waals surface area contributed by atoms with E-state index < -0.39 is 5.60 Å². The number of para-hydroxylation sites is 1. The molecule has 0 radical (unpaired) electrons. The number of carbonyl (C=O) groups is 1. The van der Waals surface area contributed by atoms with Crippen molar-refractivity contribution in [2.75, 3.05) is 20.2 Å². The molecule has 0 bridgehead atoms. The Labute approximate surface area is 161 Å². The molecule has 144 valence electrons. The summed E-state index contributed by atoms with van der Waals surface area (Å²) in [7, 11) is 1.79. The molecule has 1 aromatic heterocycles. The minimum absolute atomic E-state index is 0.217. The van der Waals surface area contributed by atoms with E-state index in [-0.39, 0.29) is 12.0 Å². The summed E-state index contributed by atoms with van der Waals surface area (Å²) in [6.07, 6.45) is 2.40. The van der Waals surface area contributed by atoms with Crippen molar-refractivity contribution in [1.82, 2.24) is 9.88 Å². The first-order chi connectivity index (χ1) is 12.7. The van der Waals surface area contributed by atoms with Gasteiger partial charge in [-0.1, -0.05) is 18.2 Å². The lowest BCUT2D eigenvalue weighted by Crippen LogP contribution is -2.37. The summed E-state index contributed by atoms with van der Waals surface area (Å²) in [5.41, 5.74) is 3.79. The average molecular weight is 368 g/mol. The molecule has 5 nitrogen and oxygen atoms in total. The van der Waals surface area contributed by atoms with E-state index in [9.17, 15) is 4.79 Å². The first kappa shape index (κ1) is 19.2. The van der Waals surface area contributed by atoms with Gasteiger partial charge in [-0.3, -0.25) is 4.98 Å². The zero-order valence-electron chi connectivity index (χ0n) is 16.8. The monoisotopic (exact) mass is 368 g/mol. The molecule has 1 amide bonds. The fraction of sp³-hybridized carbons (Fsp3) is 0.455. The summed E-state index contributed by atoms with van der Waals surface area (Å²) >= 11 is 0. The Bertz CT molecular complexity index is 827. The van der Waals surface area contributed by atoms with Crippen molar-refractivity contribution in [2.45, 2.75) is 45.6 Å². The second-order valence-corrected chi connectivity index (χ2v) is 8.10. The molecule has 0 saturated heterocycles. The second kappa shape index (κ2) is 7.59. The van der Waals surface area contributed by atoms with Crippen molar-refractivity contribution >= 4 is 6.09 Å². The molecule has 0 N–H and O–H groups in total. The molecule has 2 heterocycles. The van der Waals surface area contributed by atoms with E-state index in [1.165, 1.54) is 0 Å². The van der Waals surface area contributed by atoms with Crippen molar-refractivity contribution in [3.05, 3.63) is 47.8 Å². The number of rotatable bonds is 3. The van der Waals surface area contributed by atoms with E-state index in [4.69, 9.17) is 9.47 Å². The van der Waals surface area contributed by atoms with Crippen molar-refractivity contribution in [3.8, 4) is 16.9 Å². The SMILES string of the molecule is Cc1cc(-c2cccc3c2OCC[C@H]3CN(C)C(=O)OC(C)(C)C)ccn1. The van der Waals surface area contributed by atoms with Crippen LogP contribution in [0.2, 0.25) is 0 Å². The maximum Gasteiger partial charge on any atom is 0.410 e. The molecule has 0 fully saturated rings. The summed E-state index contributed by atoms with van der Waals surface area (Å²) in [4.78, 5) is 18.3. The fourth-order valence-corrected chi connectivity index (χ4v) is 3.37. The molecule has 0 unspecified atom stereocenters. The van der Waals surface area contributed by atoms with Gasteiger partial charge in [0.1, 0.15) is 11.4 Å². The Morgan fingerprint density at radius 1 is 1.33 bits per heavy atom. The van der Waals surface area contributed by atoms with E-state index >= 15 is 0 Å². The number of benzene rings is 1. The Hall–Kier alpha value is -2.56. The van der Waals surface area contributed by atoms with Gasteiger partial charge in [0.05, 0.1) is 6.61 Å². The maximum absolute atomic E-state index is 12.3. The number of hydrogen-bond donors (Lipinski definition) is 0. The van der Waals surface area contributed by atoms with Crippen LogP contribution < -0.4 is 4.74 Å².